The van der Waals surface area contributed by atoms with E-state index < -0.39 is 0 Å². The summed E-state index contributed by atoms with van der Waals surface area (Å²) in [7, 11) is 4.25. The van der Waals surface area contributed by atoms with Crippen molar-refractivity contribution in [2.75, 3.05) is 27.2 Å². The molecule has 1 rings (SSSR count). The average Bonchev–Trinajstić information content (AvgIpc) is 2.27. The molecule has 108 valence electrons. The van der Waals surface area contributed by atoms with Crippen molar-refractivity contribution in [3.8, 4) is 0 Å². The molecule has 1 aliphatic rings. The molecule has 0 saturated heterocycles. The van der Waals surface area contributed by atoms with E-state index >= 15 is 0 Å². The summed E-state index contributed by atoms with van der Waals surface area (Å²) in [5.41, 5.74) is 0. The Kier molecular flexibility index (Phi) is 7.20. The van der Waals surface area contributed by atoms with Gasteiger partial charge in [0.25, 0.3) is 0 Å². The lowest BCUT2D eigenvalue weighted by atomic mass is 9.92. The van der Waals surface area contributed by atoms with Crippen molar-refractivity contribution in [1.29, 1.82) is 0 Å². The Balaban J connectivity index is 2.64. The predicted molar refractivity (Wildman–Crippen MR) is 77.9 cm³/mol. The Labute approximate surface area is 113 Å². The normalized spacial score (nSPS) is 28.2. The highest BCUT2D eigenvalue weighted by Crippen LogP contribution is 2.23. The van der Waals surface area contributed by atoms with Crippen molar-refractivity contribution in [2.24, 2.45) is 0 Å². The van der Waals surface area contributed by atoms with Gasteiger partial charge in [0.2, 0.25) is 0 Å². The van der Waals surface area contributed by atoms with Gasteiger partial charge >= 0.3 is 0 Å². The first-order valence-electron chi connectivity index (χ1n) is 7.64. The zero-order valence-electron chi connectivity index (χ0n) is 12.7. The molecule has 0 spiro atoms. The van der Waals surface area contributed by atoms with E-state index in [0.717, 1.165) is 25.9 Å². The topological polar surface area (TPSA) is 26.7 Å². The Bertz CT molecular complexity index is 221. The van der Waals surface area contributed by atoms with Crippen molar-refractivity contribution in [3.05, 3.63) is 0 Å². The summed E-state index contributed by atoms with van der Waals surface area (Å²) >= 11 is 0. The second-order valence-electron chi connectivity index (χ2n) is 6.07. The first-order chi connectivity index (χ1) is 8.56. The maximum absolute atomic E-state index is 10.4. The van der Waals surface area contributed by atoms with Gasteiger partial charge in [-0.1, -0.05) is 32.6 Å². The Morgan fingerprint density at radius 3 is 2.28 bits per heavy atom. The molecular formula is C15H32N2O. The quantitative estimate of drug-likeness (QED) is 0.818. The maximum atomic E-state index is 10.4. The highest BCUT2D eigenvalue weighted by molar-refractivity contribution is 4.84. The van der Waals surface area contributed by atoms with Crippen LogP contribution in [0.3, 0.4) is 0 Å². The average molecular weight is 256 g/mol. The number of aliphatic hydroxyl groups excluding tert-OH is 1. The van der Waals surface area contributed by atoms with Crippen molar-refractivity contribution in [2.45, 2.75) is 70.6 Å². The second kappa shape index (κ2) is 8.13. The van der Waals surface area contributed by atoms with Crippen LogP contribution in [0.4, 0.5) is 0 Å². The lowest BCUT2D eigenvalue weighted by Crippen LogP contribution is -2.51. The van der Waals surface area contributed by atoms with E-state index in [-0.39, 0.29) is 6.10 Å². The zero-order chi connectivity index (χ0) is 13.5. The van der Waals surface area contributed by atoms with E-state index in [4.69, 9.17) is 0 Å². The Morgan fingerprint density at radius 2 is 1.72 bits per heavy atom. The van der Waals surface area contributed by atoms with Crippen LogP contribution >= 0.6 is 0 Å². The van der Waals surface area contributed by atoms with Gasteiger partial charge in [0.1, 0.15) is 0 Å². The minimum atomic E-state index is -0.130. The number of hydrogen-bond donors (Lipinski definition) is 1. The van der Waals surface area contributed by atoms with E-state index in [0.29, 0.717) is 12.1 Å². The van der Waals surface area contributed by atoms with Crippen molar-refractivity contribution in [1.82, 2.24) is 9.80 Å². The fourth-order valence-electron chi connectivity index (χ4n) is 3.34. The highest BCUT2D eigenvalue weighted by atomic mass is 16.3. The van der Waals surface area contributed by atoms with Crippen molar-refractivity contribution >= 4 is 0 Å². The summed E-state index contributed by atoms with van der Waals surface area (Å²) in [4.78, 5) is 4.75. The van der Waals surface area contributed by atoms with Crippen LogP contribution < -0.4 is 0 Å². The second-order valence-corrected chi connectivity index (χ2v) is 6.07. The summed E-state index contributed by atoms with van der Waals surface area (Å²) in [6, 6.07) is 0.884. The molecule has 0 amide bonds. The van der Waals surface area contributed by atoms with Gasteiger partial charge in [0.05, 0.1) is 6.10 Å². The Hall–Kier alpha value is -0.120. The molecule has 3 unspecified atom stereocenters. The minimum absolute atomic E-state index is 0.130. The van der Waals surface area contributed by atoms with Gasteiger partial charge in [-0.15, -0.1) is 0 Å². The Morgan fingerprint density at radius 1 is 1.11 bits per heavy atom. The fourth-order valence-corrected chi connectivity index (χ4v) is 3.34. The minimum Gasteiger partial charge on any atom is -0.391 e. The van der Waals surface area contributed by atoms with E-state index in [1.165, 1.54) is 25.7 Å². The number of hydrogen-bond acceptors (Lipinski definition) is 3. The predicted octanol–water partition coefficient (Wildman–Crippen LogP) is 2.34. The van der Waals surface area contributed by atoms with E-state index in [9.17, 15) is 5.11 Å². The lowest BCUT2D eigenvalue weighted by molar-refractivity contribution is 0.00987. The third-order valence-corrected chi connectivity index (χ3v) is 4.18. The van der Waals surface area contributed by atoms with Gasteiger partial charge in [-0.2, -0.15) is 0 Å². The van der Waals surface area contributed by atoms with Crippen LogP contribution in [0.1, 0.15) is 52.4 Å². The summed E-state index contributed by atoms with van der Waals surface area (Å²) in [6.07, 6.45) is 7.11. The van der Waals surface area contributed by atoms with Crippen LogP contribution in [0.2, 0.25) is 0 Å². The molecule has 1 aliphatic carbocycles. The monoisotopic (exact) mass is 256 g/mol. The van der Waals surface area contributed by atoms with Gasteiger partial charge in [-0.05, 0) is 40.4 Å². The number of nitrogens with zero attached hydrogens (tertiary/aromatic N) is 2. The van der Waals surface area contributed by atoms with E-state index in [1.54, 1.807) is 0 Å². The molecular weight excluding hydrogens is 224 g/mol. The molecule has 0 aliphatic heterocycles. The van der Waals surface area contributed by atoms with E-state index in [1.807, 2.05) is 0 Å². The van der Waals surface area contributed by atoms with Crippen LogP contribution in [-0.2, 0) is 0 Å². The summed E-state index contributed by atoms with van der Waals surface area (Å²) in [5.74, 6) is 0. The van der Waals surface area contributed by atoms with Gasteiger partial charge in [0, 0.05) is 18.6 Å². The summed E-state index contributed by atoms with van der Waals surface area (Å²) in [6.45, 7) is 6.61. The molecule has 0 aromatic carbocycles. The molecule has 0 aromatic heterocycles. The third kappa shape index (κ3) is 4.87. The third-order valence-electron chi connectivity index (χ3n) is 4.18. The zero-order valence-corrected chi connectivity index (χ0v) is 12.7. The largest absolute Gasteiger partial charge is 0.391 e. The SMILES string of the molecule is CCN(C(C)CN(C)C)C1CCCCCCC1O. The van der Waals surface area contributed by atoms with Crippen LogP contribution in [0, 0.1) is 0 Å². The lowest BCUT2D eigenvalue weighted by Gasteiger charge is -2.40. The molecule has 3 atom stereocenters. The number of rotatable bonds is 5. The number of likely N-dealkylation sites (N-methyl/N-ethyl adjacent to an activating group) is 2. The first-order valence-corrected chi connectivity index (χ1v) is 7.64. The molecule has 0 aromatic rings. The standard InChI is InChI=1S/C15H32N2O/c1-5-17(13(2)12-16(3)4)14-10-8-6-7-9-11-15(14)18/h13-15,18H,5-12H2,1-4H3. The molecule has 0 bridgehead atoms. The molecule has 1 saturated carbocycles. The highest BCUT2D eigenvalue weighted by Gasteiger charge is 2.28. The molecule has 1 N–H and O–H groups in total. The molecule has 3 nitrogen and oxygen atoms in total. The van der Waals surface area contributed by atoms with Crippen LogP contribution in [0.15, 0.2) is 0 Å². The maximum Gasteiger partial charge on any atom is 0.0695 e. The van der Waals surface area contributed by atoms with E-state index in [2.05, 4.69) is 37.7 Å². The first kappa shape index (κ1) is 15.9. The van der Waals surface area contributed by atoms with Gasteiger partial charge in [-0.3, -0.25) is 4.90 Å². The van der Waals surface area contributed by atoms with Gasteiger partial charge in [-0.25, -0.2) is 0 Å². The molecule has 0 radical (unpaired) electrons. The molecule has 0 heterocycles. The molecule has 18 heavy (non-hydrogen) atoms. The fraction of sp³-hybridized carbons (Fsp3) is 1.00. The van der Waals surface area contributed by atoms with Crippen molar-refractivity contribution in [3.63, 3.8) is 0 Å². The molecule has 1 fully saturated rings. The molecule has 3 heteroatoms. The van der Waals surface area contributed by atoms with Gasteiger partial charge < -0.3 is 10.0 Å². The van der Waals surface area contributed by atoms with Crippen LogP contribution in [-0.4, -0.2) is 60.3 Å². The van der Waals surface area contributed by atoms with Gasteiger partial charge in [0.15, 0.2) is 0 Å². The smallest absolute Gasteiger partial charge is 0.0695 e. The van der Waals surface area contributed by atoms with Crippen molar-refractivity contribution < 1.29 is 5.11 Å². The summed E-state index contributed by atoms with van der Waals surface area (Å²) in [5, 5.41) is 10.4. The summed E-state index contributed by atoms with van der Waals surface area (Å²) < 4.78 is 0. The van der Waals surface area contributed by atoms with Crippen LogP contribution in [0.25, 0.3) is 0 Å². The number of aliphatic hydroxyl groups is 1. The van der Waals surface area contributed by atoms with Crippen LogP contribution in [0.5, 0.6) is 0 Å².